The highest BCUT2D eigenvalue weighted by atomic mass is 16.7. The molecule has 5 nitrogen and oxygen atoms in total. The van der Waals surface area contributed by atoms with Gasteiger partial charge in [-0.2, -0.15) is 0 Å². The van der Waals surface area contributed by atoms with Crippen LogP contribution in [0.2, 0.25) is 0 Å². The molecular weight excluding hydrogens is 257 g/mol. The van der Waals surface area contributed by atoms with Gasteiger partial charge in [0.2, 0.25) is 6.29 Å². The summed E-state index contributed by atoms with van der Waals surface area (Å²) in [6.45, 7) is 9.37. The summed E-state index contributed by atoms with van der Waals surface area (Å²) < 4.78 is 23.0. The third-order valence-corrected chi connectivity index (χ3v) is 4.19. The molecule has 2 saturated heterocycles. The first-order chi connectivity index (χ1) is 9.39. The molecular formula is C14H20BNO4. The minimum atomic E-state index is -0.386. The second kappa shape index (κ2) is 4.81. The quantitative estimate of drug-likeness (QED) is 0.765. The zero-order chi connectivity index (χ0) is 14.4. The van der Waals surface area contributed by atoms with Gasteiger partial charge in [-0.25, -0.2) is 0 Å². The van der Waals surface area contributed by atoms with Crippen LogP contribution in [0.15, 0.2) is 18.3 Å². The van der Waals surface area contributed by atoms with E-state index in [0.717, 1.165) is 11.2 Å². The van der Waals surface area contributed by atoms with E-state index in [1.165, 1.54) is 0 Å². The Morgan fingerprint density at radius 1 is 1.10 bits per heavy atom. The molecule has 3 heterocycles. The Balaban J connectivity index is 1.83. The molecule has 3 rings (SSSR count). The lowest BCUT2D eigenvalue weighted by molar-refractivity contribution is -0.0472. The largest absolute Gasteiger partial charge is 0.494 e. The molecule has 0 radical (unpaired) electrons. The van der Waals surface area contributed by atoms with Crippen LogP contribution in [0.25, 0.3) is 0 Å². The summed E-state index contributed by atoms with van der Waals surface area (Å²) in [5, 5.41) is 0. The highest BCUT2D eigenvalue weighted by Crippen LogP contribution is 2.36. The Kier molecular flexibility index (Phi) is 3.37. The van der Waals surface area contributed by atoms with Gasteiger partial charge in [0.25, 0.3) is 0 Å². The maximum absolute atomic E-state index is 6.04. The van der Waals surface area contributed by atoms with Crippen LogP contribution < -0.4 is 5.46 Å². The van der Waals surface area contributed by atoms with Crippen molar-refractivity contribution in [1.82, 2.24) is 4.98 Å². The van der Waals surface area contributed by atoms with E-state index in [0.29, 0.717) is 13.2 Å². The van der Waals surface area contributed by atoms with Gasteiger partial charge < -0.3 is 18.8 Å². The first-order valence-corrected chi connectivity index (χ1v) is 6.94. The average Bonchev–Trinajstić information content (AvgIpc) is 2.97. The number of rotatable bonds is 2. The lowest BCUT2D eigenvalue weighted by Gasteiger charge is -2.32. The first-order valence-electron chi connectivity index (χ1n) is 6.94. The number of hydrogen-bond acceptors (Lipinski definition) is 5. The molecule has 0 spiro atoms. The molecule has 6 heteroatoms. The fourth-order valence-corrected chi connectivity index (χ4v) is 2.25. The van der Waals surface area contributed by atoms with Crippen LogP contribution in [0.1, 0.15) is 39.7 Å². The summed E-state index contributed by atoms with van der Waals surface area (Å²) in [4.78, 5) is 4.30. The average molecular weight is 277 g/mol. The maximum Gasteiger partial charge on any atom is 0.494 e. The molecule has 20 heavy (non-hydrogen) atoms. The van der Waals surface area contributed by atoms with Crippen molar-refractivity contribution in [2.24, 2.45) is 0 Å². The summed E-state index contributed by atoms with van der Waals surface area (Å²) in [5.74, 6) is 0. The van der Waals surface area contributed by atoms with E-state index in [1.807, 2.05) is 39.8 Å². The minimum Gasteiger partial charge on any atom is -0.399 e. The van der Waals surface area contributed by atoms with Gasteiger partial charge in [0.15, 0.2) is 0 Å². The van der Waals surface area contributed by atoms with Crippen molar-refractivity contribution < 1.29 is 18.8 Å². The van der Waals surface area contributed by atoms with Gasteiger partial charge in [-0.15, -0.1) is 0 Å². The van der Waals surface area contributed by atoms with Crippen LogP contribution in [-0.2, 0) is 18.8 Å². The highest BCUT2D eigenvalue weighted by Gasteiger charge is 2.51. The van der Waals surface area contributed by atoms with Crippen molar-refractivity contribution in [3.8, 4) is 0 Å². The van der Waals surface area contributed by atoms with Crippen LogP contribution in [-0.4, -0.2) is 36.5 Å². The number of hydrogen-bond donors (Lipinski definition) is 0. The predicted octanol–water partition coefficient (Wildman–Crippen LogP) is 1.43. The van der Waals surface area contributed by atoms with Gasteiger partial charge in [0.05, 0.1) is 30.1 Å². The Morgan fingerprint density at radius 2 is 1.70 bits per heavy atom. The molecule has 0 amide bonds. The predicted molar refractivity (Wildman–Crippen MR) is 74.6 cm³/mol. The molecule has 0 saturated carbocycles. The standard InChI is InChI=1S/C14H20BNO4/c1-13(2)14(3,4)20-15(19-13)10-5-6-16-11(9-10)12-17-7-8-18-12/h5-6,9,12H,7-8H2,1-4H3. The second-order valence-corrected chi connectivity index (χ2v) is 6.18. The van der Waals surface area contributed by atoms with Crippen LogP contribution in [0.3, 0.4) is 0 Å². The van der Waals surface area contributed by atoms with E-state index >= 15 is 0 Å². The SMILES string of the molecule is CC1(C)OB(c2ccnc(C3OCCO3)c2)OC1(C)C. The van der Waals surface area contributed by atoms with E-state index in [-0.39, 0.29) is 24.6 Å². The third kappa shape index (κ3) is 2.37. The van der Waals surface area contributed by atoms with E-state index in [4.69, 9.17) is 18.8 Å². The van der Waals surface area contributed by atoms with Crippen molar-refractivity contribution in [2.75, 3.05) is 13.2 Å². The number of aromatic nitrogens is 1. The van der Waals surface area contributed by atoms with Crippen LogP contribution in [0, 0.1) is 0 Å². The van der Waals surface area contributed by atoms with Crippen molar-refractivity contribution in [3.05, 3.63) is 24.0 Å². The molecule has 0 aromatic carbocycles. The summed E-state index contributed by atoms with van der Waals surface area (Å²) in [6, 6.07) is 3.83. The summed E-state index contributed by atoms with van der Waals surface area (Å²) >= 11 is 0. The first kappa shape index (κ1) is 14.0. The molecule has 1 aromatic heterocycles. The van der Waals surface area contributed by atoms with Gasteiger partial charge in [0, 0.05) is 6.20 Å². The van der Waals surface area contributed by atoms with Gasteiger partial charge in [-0.05, 0) is 45.3 Å². The molecule has 0 bridgehead atoms. The van der Waals surface area contributed by atoms with E-state index in [2.05, 4.69) is 4.98 Å². The Labute approximate surface area is 119 Å². The minimum absolute atomic E-state index is 0.346. The molecule has 0 N–H and O–H groups in total. The van der Waals surface area contributed by atoms with Gasteiger partial charge in [-0.1, -0.05) is 0 Å². The number of ether oxygens (including phenoxy) is 2. The summed E-state index contributed by atoms with van der Waals surface area (Å²) in [5.41, 5.74) is 1.01. The normalized spacial score (nSPS) is 25.3. The number of nitrogens with zero attached hydrogens (tertiary/aromatic N) is 1. The van der Waals surface area contributed by atoms with Crippen LogP contribution >= 0.6 is 0 Å². The Bertz CT molecular complexity index is 484. The van der Waals surface area contributed by atoms with Crippen molar-refractivity contribution >= 4 is 12.6 Å². The fourth-order valence-electron chi connectivity index (χ4n) is 2.25. The molecule has 2 aliphatic heterocycles. The molecule has 2 aliphatic rings. The molecule has 1 aromatic rings. The van der Waals surface area contributed by atoms with Gasteiger partial charge in [-0.3, -0.25) is 4.98 Å². The fraction of sp³-hybridized carbons (Fsp3) is 0.643. The monoisotopic (exact) mass is 277 g/mol. The van der Waals surface area contributed by atoms with Crippen LogP contribution in [0.4, 0.5) is 0 Å². The number of pyridine rings is 1. The van der Waals surface area contributed by atoms with Crippen molar-refractivity contribution in [3.63, 3.8) is 0 Å². The zero-order valence-electron chi connectivity index (χ0n) is 12.4. The van der Waals surface area contributed by atoms with Crippen LogP contribution in [0.5, 0.6) is 0 Å². The topological polar surface area (TPSA) is 49.8 Å². The molecule has 2 fully saturated rings. The van der Waals surface area contributed by atoms with Gasteiger partial charge in [0.1, 0.15) is 0 Å². The molecule has 0 unspecified atom stereocenters. The second-order valence-electron chi connectivity index (χ2n) is 6.18. The maximum atomic E-state index is 6.04. The van der Waals surface area contributed by atoms with Crippen molar-refractivity contribution in [1.29, 1.82) is 0 Å². The lowest BCUT2D eigenvalue weighted by Crippen LogP contribution is -2.41. The van der Waals surface area contributed by atoms with E-state index < -0.39 is 0 Å². The summed E-state index contributed by atoms with van der Waals surface area (Å²) in [6.07, 6.45) is 1.36. The highest BCUT2D eigenvalue weighted by molar-refractivity contribution is 6.62. The molecule has 0 aliphatic carbocycles. The Hall–Kier alpha value is -0.945. The Morgan fingerprint density at radius 3 is 2.30 bits per heavy atom. The third-order valence-electron chi connectivity index (χ3n) is 4.19. The van der Waals surface area contributed by atoms with E-state index in [1.54, 1.807) is 6.20 Å². The van der Waals surface area contributed by atoms with Crippen molar-refractivity contribution in [2.45, 2.75) is 45.2 Å². The molecule has 108 valence electrons. The lowest BCUT2D eigenvalue weighted by atomic mass is 9.79. The smallest absolute Gasteiger partial charge is 0.399 e. The summed E-state index contributed by atoms with van der Waals surface area (Å²) in [7, 11) is -0.386. The van der Waals surface area contributed by atoms with E-state index in [9.17, 15) is 0 Å². The zero-order valence-corrected chi connectivity index (χ0v) is 12.4. The molecule has 0 atom stereocenters. The van der Waals surface area contributed by atoms with Gasteiger partial charge >= 0.3 is 7.12 Å².